The summed E-state index contributed by atoms with van der Waals surface area (Å²) in [7, 11) is 0. The molecule has 0 atom stereocenters. The smallest absolute Gasteiger partial charge is 0.382 e. The zero-order chi connectivity index (χ0) is 21.4. The minimum atomic E-state index is -4.37. The first-order valence-corrected chi connectivity index (χ1v) is 8.84. The molecule has 1 aliphatic rings. The van der Waals surface area contributed by atoms with Gasteiger partial charge >= 0.3 is 6.18 Å². The van der Waals surface area contributed by atoms with Crippen LogP contribution in [0.3, 0.4) is 0 Å². The molecule has 1 aromatic carbocycles. The van der Waals surface area contributed by atoms with E-state index in [0.29, 0.717) is 11.5 Å². The number of halogens is 3. The summed E-state index contributed by atoms with van der Waals surface area (Å²) in [6.45, 7) is 4.06. The number of aryl methyl sites for hydroxylation is 1. The van der Waals surface area contributed by atoms with Gasteiger partial charge in [-0.2, -0.15) is 13.2 Å². The molecule has 6 nitrogen and oxygen atoms in total. The lowest BCUT2D eigenvalue weighted by Crippen LogP contribution is -2.39. The second-order valence-corrected chi connectivity index (χ2v) is 7.23. The Morgan fingerprint density at radius 3 is 2.52 bits per heavy atom. The number of rotatable bonds is 4. The van der Waals surface area contributed by atoms with Crippen molar-refractivity contribution < 1.29 is 18.0 Å². The van der Waals surface area contributed by atoms with Crippen molar-refractivity contribution in [2.75, 3.05) is 11.4 Å². The number of alkyl halides is 3. The van der Waals surface area contributed by atoms with Gasteiger partial charge in [-0.25, -0.2) is 9.97 Å². The third-order valence-corrected chi connectivity index (χ3v) is 4.67. The molecule has 0 bridgehead atoms. The van der Waals surface area contributed by atoms with Crippen LogP contribution in [0.15, 0.2) is 42.9 Å². The minimum Gasteiger partial charge on any atom is -0.382 e. The van der Waals surface area contributed by atoms with E-state index in [2.05, 4.69) is 15.3 Å². The maximum atomic E-state index is 12.9. The quantitative estimate of drug-likeness (QED) is 0.602. The Bertz CT molecular complexity index is 981. The lowest BCUT2D eigenvalue weighted by atomic mass is 9.85. The van der Waals surface area contributed by atoms with Gasteiger partial charge in [-0.3, -0.25) is 15.1 Å². The summed E-state index contributed by atoms with van der Waals surface area (Å²) < 4.78 is 36.7. The van der Waals surface area contributed by atoms with Gasteiger partial charge in [0.2, 0.25) is 5.91 Å². The van der Waals surface area contributed by atoms with Gasteiger partial charge in [0.05, 0.1) is 11.1 Å². The first kappa shape index (κ1) is 20.5. The highest BCUT2D eigenvalue weighted by molar-refractivity contribution is 6.26. The Kier molecular flexibility index (Phi) is 5.16. The summed E-state index contributed by atoms with van der Waals surface area (Å²) in [6, 6.07) is 5.44. The molecule has 2 N–H and O–H groups in total. The average molecular weight is 403 g/mol. The Balaban J connectivity index is 1.93. The fraction of sp³-hybridized carbons (Fsp3) is 0.300. The van der Waals surface area contributed by atoms with Crippen LogP contribution in [0.5, 0.6) is 0 Å². The Hall–Kier alpha value is -3.23. The van der Waals surface area contributed by atoms with Crippen LogP contribution >= 0.6 is 0 Å². The summed E-state index contributed by atoms with van der Waals surface area (Å²) in [5, 5.41) is 10.3. The van der Waals surface area contributed by atoms with E-state index in [1.807, 2.05) is 12.1 Å². The second kappa shape index (κ2) is 7.31. The lowest BCUT2D eigenvalue weighted by molar-refractivity contribution is -0.123. The first-order chi connectivity index (χ1) is 13.5. The normalized spacial score (nSPS) is 15.7. The lowest BCUT2D eigenvalue weighted by Gasteiger charge is -2.19. The number of amidine groups is 1. The zero-order valence-electron chi connectivity index (χ0n) is 16.1. The summed E-state index contributed by atoms with van der Waals surface area (Å²) in [4.78, 5) is 22.5. The zero-order valence-corrected chi connectivity index (χ0v) is 16.1. The summed E-state index contributed by atoms with van der Waals surface area (Å²) in [5.41, 5.74) is 1.91. The van der Waals surface area contributed by atoms with Crippen LogP contribution in [0.4, 0.5) is 18.9 Å². The van der Waals surface area contributed by atoms with Crippen molar-refractivity contribution in [1.82, 2.24) is 15.3 Å². The van der Waals surface area contributed by atoms with Gasteiger partial charge in [0, 0.05) is 24.2 Å². The molecule has 1 amide bonds. The molecule has 152 valence electrons. The van der Waals surface area contributed by atoms with Gasteiger partial charge in [-0.05, 0) is 44.0 Å². The third-order valence-electron chi connectivity index (χ3n) is 4.67. The van der Waals surface area contributed by atoms with Crippen LogP contribution in [-0.4, -0.2) is 34.4 Å². The van der Waals surface area contributed by atoms with Gasteiger partial charge in [-0.15, -0.1) is 0 Å². The van der Waals surface area contributed by atoms with Crippen molar-refractivity contribution in [2.45, 2.75) is 32.4 Å². The molecular formula is C20H20F3N5O. The maximum absolute atomic E-state index is 12.9. The van der Waals surface area contributed by atoms with Gasteiger partial charge < -0.3 is 5.32 Å². The number of fused-ring (bicyclic) bond motifs is 1. The third kappa shape index (κ3) is 4.13. The number of benzene rings is 1. The SMILES string of the molecule is Cc1ncc(-c2ccc3c(c2)N(C(=N)/C=C\NCC(F)(F)F)C(=O)C3(C)C)cn1. The number of hydrogen-bond donors (Lipinski definition) is 2. The van der Waals surface area contributed by atoms with Crippen molar-refractivity contribution in [3.05, 3.63) is 54.3 Å². The molecule has 0 fully saturated rings. The van der Waals surface area contributed by atoms with E-state index >= 15 is 0 Å². The van der Waals surface area contributed by atoms with Crippen LogP contribution in [0.25, 0.3) is 11.1 Å². The van der Waals surface area contributed by atoms with Gasteiger partial charge in [-0.1, -0.05) is 12.1 Å². The fourth-order valence-electron chi connectivity index (χ4n) is 3.10. The van der Waals surface area contributed by atoms with Gasteiger partial charge in [0.1, 0.15) is 18.2 Å². The van der Waals surface area contributed by atoms with Crippen LogP contribution in [-0.2, 0) is 10.2 Å². The van der Waals surface area contributed by atoms with Crippen LogP contribution in [0, 0.1) is 12.3 Å². The topological polar surface area (TPSA) is 82.0 Å². The molecule has 3 rings (SSSR count). The van der Waals surface area contributed by atoms with E-state index in [1.165, 1.54) is 4.90 Å². The molecule has 0 radical (unpaired) electrons. The number of aromatic nitrogens is 2. The molecular weight excluding hydrogens is 383 g/mol. The van der Waals surface area contributed by atoms with E-state index in [1.54, 1.807) is 39.2 Å². The number of amides is 1. The first-order valence-electron chi connectivity index (χ1n) is 8.84. The van der Waals surface area contributed by atoms with E-state index < -0.39 is 18.1 Å². The molecule has 0 saturated carbocycles. The highest BCUT2D eigenvalue weighted by Gasteiger charge is 2.45. The monoisotopic (exact) mass is 403 g/mol. The van der Waals surface area contributed by atoms with Gasteiger partial charge in [0.15, 0.2) is 0 Å². The van der Waals surface area contributed by atoms with Crippen molar-refractivity contribution in [1.29, 1.82) is 5.41 Å². The fourth-order valence-corrected chi connectivity index (χ4v) is 3.10. The molecule has 29 heavy (non-hydrogen) atoms. The maximum Gasteiger partial charge on any atom is 0.405 e. The van der Waals surface area contributed by atoms with Crippen LogP contribution < -0.4 is 10.2 Å². The molecule has 9 heteroatoms. The molecule has 2 aromatic rings. The van der Waals surface area contributed by atoms with Crippen molar-refractivity contribution in [2.24, 2.45) is 0 Å². The number of anilines is 1. The van der Waals surface area contributed by atoms with E-state index in [0.717, 1.165) is 29.0 Å². The standard InChI is InChI=1S/C20H20F3N5O/c1-12-26-9-14(10-27-12)13-4-5-15-16(8-13)28(18(29)19(15,2)3)17(24)6-7-25-11-20(21,22)23/h4-10,24-25H,11H2,1-3H3/b7-6-,24-17?. The highest BCUT2D eigenvalue weighted by Crippen LogP contribution is 2.43. The highest BCUT2D eigenvalue weighted by atomic mass is 19.4. The number of nitrogens with zero attached hydrogens (tertiary/aromatic N) is 3. The summed E-state index contributed by atoms with van der Waals surface area (Å²) in [6.07, 6.45) is 1.13. The number of carbonyl (C=O) groups is 1. The summed E-state index contributed by atoms with van der Waals surface area (Å²) >= 11 is 0. The Morgan fingerprint density at radius 2 is 1.90 bits per heavy atom. The predicted molar refractivity (Wildman–Crippen MR) is 104 cm³/mol. The molecule has 0 spiro atoms. The molecule has 2 heterocycles. The average Bonchev–Trinajstić information content (AvgIpc) is 2.84. The largest absolute Gasteiger partial charge is 0.405 e. The summed E-state index contributed by atoms with van der Waals surface area (Å²) in [5.74, 6) is 0.0789. The van der Waals surface area contributed by atoms with Crippen molar-refractivity contribution >= 4 is 17.4 Å². The molecule has 0 aliphatic carbocycles. The molecule has 1 aliphatic heterocycles. The van der Waals surface area contributed by atoms with Crippen LogP contribution in [0.2, 0.25) is 0 Å². The Morgan fingerprint density at radius 1 is 1.24 bits per heavy atom. The van der Waals surface area contributed by atoms with Gasteiger partial charge in [0.25, 0.3) is 0 Å². The number of nitrogens with one attached hydrogen (secondary N) is 2. The van der Waals surface area contributed by atoms with Crippen LogP contribution in [0.1, 0.15) is 25.2 Å². The van der Waals surface area contributed by atoms with Crippen molar-refractivity contribution in [3.8, 4) is 11.1 Å². The van der Waals surface area contributed by atoms with E-state index in [-0.39, 0.29) is 11.7 Å². The van der Waals surface area contributed by atoms with Crippen molar-refractivity contribution in [3.63, 3.8) is 0 Å². The number of hydrogen-bond acceptors (Lipinski definition) is 5. The van der Waals surface area contributed by atoms with E-state index in [9.17, 15) is 18.0 Å². The minimum absolute atomic E-state index is 0.228. The predicted octanol–water partition coefficient (Wildman–Crippen LogP) is 3.72. The Labute approximate surface area is 166 Å². The molecule has 1 aromatic heterocycles. The molecule has 0 unspecified atom stereocenters. The number of carbonyl (C=O) groups excluding carboxylic acids is 1. The second-order valence-electron chi connectivity index (χ2n) is 7.23. The van der Waals surface area contributed by atoms with E-state index in [4.69, 9.17) is 5.41 Å². The molecule has 0 saturated heterocycles.